The van der Waals surface area contributed by atoms with Crippen LogP contribution in [0.1, 0.15) is 18.4 Å². The molecule has 1 aromatic rings. The number of benzene rings is 1. The summed E-state index contributed by atoms with van der Waals surface area (Å²) in [5.74, 6) is 1.27. The van der Waals surface area contributed by atoms with Crippen LogP contribution in [0.2, 0.25) is 0 Å². The fourth-order valence-electron chi connectivity index (χ4n) is 2.38. The molecule has 0 bridgehead atoms. The molecule has 0 amide bonds. The van der Waals surface area contributed by atoms with Gasteiger partial charge in [0, 0.05) is 13.1 Å². The average molecular weight is 260 g/mol. The van der Waals surface area contributed by atoms with E-state index in [1.165, 1.54) is 0 Å². The Morgan fingerprint density at radius 2 is 2.16 bits per heavy atom. The maximum atomic E-state index is 9.24. The van der Waals surface area contributed by atoms with Crippen molar-refractivity contribution < 1.29 is 9.84 Å². The van der Waals surface area contributed by atoms with Gasteiger partial charge >= 0.3 is 0 Å². The minimum Gasteiger partial charge on any atom is -0.491 e. The van der Waals surface area contributed by atoms with Crippen LogP contribution in [-0.2, 0) is 0 Å². The highest BCUT2D eigenvalue weighted by Crippen LogP contribution is 2.27. The van der Waals surface area contributed by atoms with Gasteiger partial charge in [-0.25, -0.2) is 0 Å². The van der Waals surface area contributed by atoms with Crippen molar-refractivity contribution in [2.24, 2.45) is 5.92 Å². The maximum absolute atomic E-state index is 9.24. The number of hydrogen-bond acceptors (Lipinski definition) is 4. The number of aliphatic hydroxyl groups is 1. The van der Waals surface area contributed by atoms with Crippen molar-refractivity contribution in [2.75, 3.05) is 26.7 Å². The van der Waals surface area contributed by atoms with Crippen LogP contribution in [0.3, 0.4) is 0 Å². The summed E-state index contributed by atoms with van der Waals surface area (Å²) in [6.45, 7) is 2.40. The number of nitrogens with zero attached hydrogens (tertiary/aromatic N) is 2. The van der Waals surface area contributed by atoms with E-state index in [9.17, 15) is 5.11 Å². The van der Waals surface area contributed by atoms with Crippen molar-refractivity contribution in [3.8, 4) is 11.8 Å². The largest absolute Gasteiger partial charge is 0.491 e. The second-order valence-corrected chi connectivity index (χ2v) is 5.21. The Labute approximate surface area is 114 Å². The molecule has 0 radical (unpaired) electrons. The van der Waals surface area contributed by atoms with Crippen LogP contribution in [0.25, 0.3) is 0 Å². The van der Waals surface area contributed by atoms with Gasteiger partial charge < -0.3 is 14.7 Å². The number of hydrogen-bond donors (Lipinski definition) is 1. The van der Waals surface area contributed by atoms with Gasteiger partial charge in [0.15, 0.2) is 0 Å². The Morgan fingerprint density at radius 3 is 2.84 bits per heavy atom. The number of rotatable bonds is 6. The van der Waals surface area contributed by atoms with E-state index in [2.05, 4.69) is 18.0 Å². The molecule has 1 saturated carbocycles. The normalized spacial score (nSPS) is 21.8. The lowest BCUT2D eigenvalue weighted by molar-refractivity contribution is 0.0269. The first-order valence-corrected chi connectivity index (χ1v) is 6.67. The molecule has 0 saturated heterocycles. The van der Waals surface area contributed by atoms with Crippen molar-refractivity contribution in [1.29, 1.82) is 5.26 Å². The smallest absolute Gasteiger partial charge is 0.137 e. The Bertz CT molecular complexity index is 450. The van der Waals surface area contributed by atoms with Crippen LogP contribution in [0, 0.1) is 17.2 Å². The van der Waals surface area contributed by atoms with Crippen molar-refractivity contribution in [3.63, 3.8) is 0 Å². The minimum absolute atomic E-state index is 0.0860. The minimum atomic E-state index is -0.0860. The third-order valence-electron chi connectivity index (χ3n) is 3.52. The summed E-state index contributed by atoms with van der Waals surface area (Å²) in [5, 5.41) is 18.2. The van der Waals surface area contributed by atoms with Gasteiger partial charge in [0.2, 0.25) is 0 Å². The monoisotopic (exact) mass is 260 g/mol. The summed E-state index contributed by atoms with van der Waals surface area (Å²) in [5.41, 5.74) is 0.576. The predicted octanol–water partition coefficient (Wildman–Crippen LogP) is 1.64. The van der Waals surface area contributed by atoms with E-state index < -0.39 is 0 Å². The molecule has 1 aliphatic rings. The zero-order valence-electron chi connectivity index (χ0n) is 11.2. The molecule has 0 unspecified atom stereocenters. The standard InChI is InChI=1S/C15H20N2O2/c1-17(11-12-8-14(18)9-12)6-7-19-15-5-3-2-4-13(15)10-16/h2-5,12,14,18H,6-9,11H2,1H3. The van der Waals surface area contributed by atoms with E-state index >= 15 is 0 Å². The Balaban J connectivity index is 1.70. The highest BCUT2D eigenvalue weighted by molar-refractivity contribution is 5.42. The van der Waals surface area contributed by atoms with E-state index in [4.69, 9.17) is 10.00 Å². The summed E-state index contributed by atoms with van der Waals surface area (Å²) in [4.78, 5) is 2.21. The molecular formula is C15H20N2O2. The third kappa shape index (κ3) is 3.95. The van der Waals surface area contributed by atoms with E-state index in [1.54, 1.807) is 6.07 Å². The topological polar surface area (TPSA) is 56.5 Å². The molecule has 0 atom stereocenters. The second-order valence-electron chi connectivity index (χ2n) is 5.21. The van der Waals surface area contributed by atoms with Gasteiger partial charge in [-0.15, -0.1) is 0 Å². The highest BCUT2D eigenvalue weighted by Gasteiger charge is 2.27. The number of nitriles is 1. The molecule has 0 aliphatic heterocycles. The fourth-order valence-corrected chi connectivity index (χ4v) is 2.38. The first-order valence-electron chi connectivity index (χ1n) is 6.67. The van der Waals surface area contributed by atoms with Gasteiger partial charge in [-0.05, 0) is 37.9 Å². The Kier molecular flexibility index (Phi) is 4.78. The molecule has 4 heteroatoms. The Hall–Kier alpha value is -1.57. The lowest BCUT2D eigenvalue weighted by Crippen LogP contribution is -2.38. The zero-order chi connectivity index (χ0) is 13.7. The molecule has 1 N–H and O–H groups in total. The van der Waals surface area contributed by atoms with Gasteiger partial charge in [-0.3, -0.25) is 0 Å². The fraction of sp³-hybridized carbons (Fsp3) is 0.533. The van der Waals surface area contributed by atoms with Crippen molar-refractivity contribution in [1.82, 2.24) is 4.90 Å². The summed E-state index contributed by atoms with van der Waals surface area (Å²) in [6.07, 6.45) is 1.75. The molecule has 0 spiro atoms. The van der Waals surface area contributed by atoms with Gasteiger partial charge in [0.1, 0.15) is 18.4 Å². The van der Waals surface area contributed by atoms with Crippen LogP contribution in [0.4, 0.5) is 0 Å². The molecular weight excluding hydrogens is 240 g/mol. The van der Waals surface area contributed by atoms with Gasteiger partial charge in [0.05, 0.1) is 11.7 Å². The third-order valence-corrected chi connectivity index (χ3v) is 3.52. The first-order chi connectivity index (χ1) is 9.19. The van der Waals surface area contributed by atoms with Crippen LogP contribution in [-0.4, -0.2) is 42.9 Å². The summed E-state index contributed by atoms with van der Waals surface area (Å²) >= 11 is 0. The van der Waals surface area contributed by atoms with Gasteiger partial charge in [-0.2, -0.15) is 5.26 Å². The number of ether oxygens (including phenoxy) is 1. The Morgan fingerprint density at radius 1 is 1.42 bits per heavy atom. The summed E-state index contributed by atoms with van der Waals surface area (Å²) in [6, 6.07) is 9.41. The summed E-state index contributed by atoms with van der Waals surface area (Å²) < 4.78 is 5.64. The van der Waals surface area contributed by atoms with Crippen LogP contribution in [0.5, 0.6) is 5.75 Å². The quantitative estimate of drug-likeness (QED) is 0.845. The van der Waals surface area contributed by atoms with Gasteiger partial charge in [0.25, 0.3) is 0 Å². The number of para-hydroxylation sites is 1. The molecule has 1 fully saturated rings. The van der Waals surface area contributed by atoms with E-state index in [0.29, 0.717) is 23.8 Å². The molecule has 4 nitrogen and oxygen atoms in total. The van der Waals surface area contributed by atoms with Crippen LogP contribution >= 0.6 is 0 Å². The zero-order valence-corrected chi connectivity index (χ0v) is 11.2. The van der Waals surface area contributed by atoms with Crippen LogP contribution in [0.15, 0.2) is 24.3 Å². The number of aliphatic hydroxyl groups excluding tert-OH is 1. The highest BCUT2D eigenvalue weighted by atomic mass is 16.5. The van der Waals surface area contributed by atoms with Crippen molar-refractivity contribution in [2.45, 2.75) is 18.9 Å². The second kappa shape index (κ2) is 6.55. The van der Waals surface area contributed by atoms with E-state index in [0.717, 1.165) is 25.9 Å². The molecule has 1 aromatic carbocycles. The molecule has 0 heterocycles. The first kappa shape index (κ1) is 13.9. The SMILES string of the molecule is CN(CCOc1ccccc1C#N)CC1CC(O)C1. The number of likely N-dealkylation sites (N-methyl/N-ethyl adjacent to an activating group) is 1. The van der Waals surface area contributed by atoms with Gasteiger partial charge in [-0.1, -0.05) is 12.1 Å². The molecule has 19 heavy (non-hydrogen) atoms. The van der Waals surface area contributed by atoms with Crippen molar-refractivity contribution in [3.05, 3.63) is 29.8 Å². The predicted molar refractivity (Wildman–Crippen MR) is 72.9 cm³/mol. The van der Waals surface area contributed by atoms with E-state index in [1.807, 2.05) is 18.2 Å². The molecule has 0 aromatic heterocycles. The lowest BCUT2D eigenvalue weighted by atomic mass is 9.82. The average Bonchev–Trinajstić information content (AvgIpc) is 2.37. The maximum Gasteiger partial charge on any atom is 0.137 e. The van der Waals surface area contributed by atoms with Crippen LogP contribution < -0.4 is 4.74 Å². The van der Waals surface area contributed by atoms with Crippen molar-refractivity contribution >= 4 is 0 Å². The lowest BCUT2D eigenvalue weighted by Gasteiger charge is -2.34. The molecule has 2 rings (SSSR count). The summed E-state index contributed by atoms with van der Waals surface area (Å²) in [7, 11) is 2.06. The molecule has 1 aliphatic carbocycles. The molecule has 102 valence electrons. The van der Waals surface area contributed by atoms with E-state index in [-0.39, 0.29) is 6.10 Å².